The SMILES string of the molecule is O=C(O)CCP(CCC(=O)O)c1ccnc(C(=O)O)c1. The molecule has 1 heterocycles. The minimum absolute atomic E-state index is 0.0734. The van der Waals surface area contributed by atoms with E-state index in [2.05, 4.69) is 4.98 Å². The van der Waals surface area contributed by atoms with Crippen LogP contribution in [0.1, 0.15) is 23.3 Å². The minimum Gasteiger partial charge on any atom is -0.481 e. The van der Waals surface area contributed by atoms with E-state index in [4.69, 9.17) is 15.3 Å². The lowest BCUT2D eigenvalue weighted by Crippen LogP contribution is -2.14. The number of carboxylic acids is 3. The van der Waals surface area contributed by atoms with Crippen LogP contribution in [0.5, 0.6) is 0 Å². The summed E-state index contributed by atoms with van der Waals surface area (Å²) in [6.07, 6.45) is 1.84. The molecule has 1 aromatic heterocycles. The Kier molecular flexibility index (Phi) is 6.06. The van der Waals surface area contributed by atoms with Gasteiger partial charge in [-0.25, -0.2) is 9.78 Å². The maximum Gasteiger partial charge on any atom is 0.354 e. The highest BCUT2D eigenvalue weighted by Gasteiger charge is 2.16. The van der Waals surface area contributed by atoms with Crippen LogP contribution in [0, 0.1) is 0 Å². The van der Waals surface area contributed by atoms with Crippen molar-refractivity contribution < 1.29 is 29.7 Å². The lowest BCUT2D eigenvalue weighted by atomic mass is 10.3. The number of hydrogen-bond acceptors (Lipinski definition) is 4. The average Bonchev–Trinajstić information content (AvgIpc) is 2.38. The van der Waals surface area contributed by atoms with Crippen molar-refractivity contribution in [2.24, 2.45) is 0 Å². The summed E-state index contributed by atoms with van der Waals surface area (Å²) in [6, 6.07) is 3.00. The van der Waals surface area contributed by atoms with Crippen molar-refractivity contribution >= 4 is 31.1 Å². The summed E-state index contributed by atoms with van der Waals surface area (Å²) in [5.74, 6) is -3.08. The molecule has 3 N–H and O–H groups in total. The van der Waals surface area contributed by atoms with Crippen LogP contribution >= 0.6 is 7.92 Å². The first-order chi connectivity index (χ1) is 9.40. The topological polar surface area (TPSA) is 125 Å². The number of aromatic carboxylic acids is 1. The van der Waals surface area contributed by atoms with Gasteiger partial charge in [0, 0.05) is 19.0 Å². The predicted octanol–water partition coefficient (Wildman–Crippen LogP) is 0.836. The number of aromatic nitrogens is 1. The number of hydrogen-bond donors (Lipinski definition) is 3. The molecule has 0 unspecified atom stereocenters. The van der Waals surface area contributed by atoms with E-state index in [1.54, 1.807) is 6.07 Å². The molecule has 0 aromatic carbocycles. The van der Waals surface area contributed by atoms with Crippen molar-refractivity contribution in [3.05, 3.63) is 24.0 Å². The van der Waals surface area contributed by atoms with Gasteiger partial charge in [0.1, 0.15) is 5.69 Å². The number of aliphatic carboxylic acids is 2. The Morgan fingerprint density at radius 3 is 2.05 bits per heavy atom. The third-order valence-electron chi connectivity index (χ3n) is 2.52. The summed E-state index contributed by atoms with van der Waals surface area (Å²) in [7, 11) is -1.03. The highest BCUT2D eigenvalue weighted by Crippen LogP contribution is 2.36. The Bertz CT molecular complexity index is 500. The highest BCUT2D eigenvalue weighted by atomic mass is 31.1. The van der Waals surface area contributed by atoms with Gasteiger partial charge in [-0.3, -0.25) is 9.59 Å². The Morgan fingerprint density at radius 1 is 1.05 bits per heavy atom. The Morgan fingerprint density at radius 2 is 1.60 bits per heavy atom. The Labute approximate surface area is 116 Å². The summed E-state index contributed by atoms with van der Waals surface area (Å²) in [6.45, 7) is 0. The molecule has 0 aliphatic rings. The molecular weight excluding hydrogens is 285 g/mol. The largest absolute Gasteiger partial charge is 0.481 e. The first-order valence-corrected chi connectivity index (χ1v) is 7.49. The Balaban J connectivity index is 2.89. The molecule has 0 saturated heterocycles. The first kappa shape index (κ1) is 16.0. The normalized spacial score (nSPS) is 10.4. The van der Waals surface area contributed by atoms with Gasteiger partial charge in [-0.15, -0.1) is 0 Å². The fourth-order valence-electron chi connectivity index (χ4n) is 1.56. The summed E-state index contributed by atoms with van der Waals surface area (Å²) < 4.78 is 0. The zero-order valence-electron chi connectivity index (χ0n) is 10.5. The molecule has 0 bridgehead atoms. The molecule has 0 spiro atoms. The fourth-order valence-corrected chi connectivity index (χ4v) is 3.81. The minimum atomic E-state index is -1.17. The second-order valence-corrected chi connectivity index (χ2v) is 6.47. The van der Waals surface area contributed by atoms with Crippen LogP contribution in [0.25, 0.3) is 0 Å². The van der Waals surface area contributed by atoms with Crippen LogP contribution in [0.3, 0.4) is 0 Å². The molecule has 8 heteroatoms. The number of carboxylic acid groups (broad SMARTS) is 3. The van der Waals surface area contributed by atoms with Gasteiger partial charge in [0.25, 0.3) is 0 Å². The molecule has 1 rings (SSSR count). The first-order valence-electron chi connectivity index (χ1n) is 5.78. The van der Waals surface area contributed by atoms with Crippen LogP contribution in [-0.4, -0.2) is 50.5 Å². The molecule has 108 valence electrons. The van der Waals surface area contributed by atoms with E-state index in [1.165, 1.54) is 12.3 Å². The average molecular weight is 299 g/mol. The van der Waals surface area contributed by atoms with Gasteiger partial charge in [-0.1, -0.05) is 7.92 Å². The smallest absolute Gasteiger partial charge is 0.354 e. The summed E-state index contributed by atoms with van der Waals surface area (Å²) in [5.41, 5.74) is -0.124. The quantitative estimate of drug-likeness (QED) is 0.607. The van der Waals surface area contributed by atoms with E-state index in [0.29, 0.717) is 17.6 Å². The van der Waals surface area contributed by atoms with Gasteiger partial charge in [-0.2, -0.15) is 0 Å². The molecule has 0 aliphatic carbocycles. The zero-order chi connectivity index (χ0) is 15.1. The molecule has 0 fully saturated rings. The van der Waals surface area contributed by atoms with E-state index in [-0.39, 0.29) is 18.5 Å². The van der Waals surface area contributed by atoms with Gasteiger partial charge < -0.3 is 15.3 Å². The van der Waals surface area contributed by atoms with Crippen LogP contribution in [0.2, 0.25) is 0 Å². The molecule has 0 radical (unpaired) electrons. The van der Waals surface area contributed by atoms with Gasteiger partial charge in [-0.05, 0) is 29.8 Å². The lowest BCUT2D eigenvalue weighted by molar-refractivity contribution is -0.137. The predicted molar refractivity (Wildman–Crippen MR) is 72.0 cm³/mol. The number of carbonyl (C=O) groups is 3. The molecule has 0 saturated carbocycles. The third-order valence-corrected chi connectivity index (χ3v) is 5.05. The van der Waals surface area contributed by atoms with Gasteiger partial charge in [0.05, 0.1) is 0 Å². The van der Waals surface area contributed by atoms with Crippen molar-refractivity contribution in [1.29, 1.82) is 0 Å². The maximum absolute atomic E-state index is 10.9. The highest BCUT2D eigenvalue weighted by molar-refractivity contribution is 7.65. The van der Waals surface area contributed by atoms with Crippen LogP contribution in [0.4, 0.5) is 0 Å². The van der Waals surface area contributed by atoms with Gasteiger partial charge in [0.15, 0.2) is 0 Å². The standard InChI is InChI=1S/C12H14NO6P/c14-10(15)2-5-20(6-3-11(16)17)8-1-4-13-9(7-8)12(18)19/h1,4,7H,2-3,5-6H2,(H,14,15)(H,16,17)(H,18,19). The number of pyridine rings is 1. The van der Waals surface area contributed by atoms with E-state index >= 15 is 0 Å². The van der Waals surface area contributed by atoms with Crippen molar-refractivity contribution in [2.45, 2.75) is 12.8 Å². The van der Waals surface area contributed by atoms with Crippen LogP contribution in [0.15, 0.2) is 18.3 Å². The summed E-state index contributed by atoms with van der Waals surface area (Å²) in [5, 5.41) is 27.0. The summed E-state index contributed by atoms with van der Waals surface area (Å²) in [4.78, 5) is 35.8. The van der Waals surface area contributed by atoms with E-state index in [0.717, 1.165) is 0 Å². The van der Waals surface area contributed by atoms with Crippen molar-refractivity contribution in [1.82, 2.24) is 4.98 Å². The summed E-state index contributed by atoms with van der Waals surface area (Å²) >= 11 is 0. The monoisotopic (exact) mass is 299 g/mol. The molecule has 20 heavy (non-hydrogen) atoms. The number of rotatable bonds is 8. The molecule has 0 atom stereocenters. The van der Waals surface area contributed by atoms with E-state index in [9.17, 15) is 14.4 Å². The molecule has 0 amide bonds. The van der Waals surface area contributed by atoms with Crippen molar-refractivity contribution in [3.8, 4) is 0 Å². The third kappa shape index (κ3) is 5.32. The lowest BCUT2D eigenvalue weighted by Gasteiger charge is -2.16. The van der Waals surface area contributed by atoms with E-state index < -0.39 is 25.8 Å². The maximum atomic E-state index is 10.9. The van der Waals surface area contributed by atoms with E-state index in [1.807, 2.05) is 0 Å². The van der Waals surface area contributed by atoms with Gasteiger partial charge >= 0.3 is 17.9 Å². The Hall–Kier alpha value is -2.01. The molecule has 1 aromatic rings. The number of nitrogens with zero attached hydrogens (tertiary/aromatic N) is 1. The molecule has 0 aliphatic heterocycles. The zero-order valence-corrected chi connectivity index (χ0v) is 11.4. The van der Waals surface area contributed by atoms with Gasteiger partial charge in [0.2, 0.25) is 0 Å². The van der Waals surface area contributed by atoms with Crippen molar-refractivity contribution in [3.63, 3.8) is 0 Å². The fraction of sp³-hybridized carbons (Fsp3) is 0.333. The van der Waals surface area contributed by atoms with Crippen LogP contribution in [-0.2, 0) is 9.59 Å². The molecule has 7 nitrogen and oxygen atoms in total. The second kappa shape index (κ2) is 7.55. The second-order valence-electron chi connectivity index (χ2n) is 3.98. The molecular formula is C12H14NO6P. The van der Waals surface area contributed by atoms with Crippen molar-refractivity contribution in [2.75, 3.05) is 12.3 Å². The van der Waals surface area contributed by atoms with Crippen LogP contribution < -0.4 is 5.30 Å².